The largest absolute Gasteiger partial charge is 0.456 e. The Morgan fingerprint density at radius 3 is 1.27 bits per heavy atom. The Morgan fingerprint density at radius 2 is 0.804 bits per heavy atom. The fraction of sp³-hybridized carbons (Fsp3) is 0. The van der Waals surface area contributed by atoms with E-state index in [0.29, 0.717) is 0 Å². The standard InChI is InChI=1S/C48H28OS2/c1-5-16-34-30(12-1)44(31-13-2-6-17-35(31)47(34)42-22-10-26-50-42)29-24-25-38-41(28-29)49-40-21-9-20-39(46(38)40)45-32-14-3-7-18-36(32)48(43-23-11-27-51-43)37-19-8-4-15-33(37)45/h1-28H. The van der Waals surface area contributed by atoms with Crippen LogP contribution in [-0.2, 0) is 0 Å². The molecular formula is C48H28OS2. The van der Waals surface area contributed by atoms with Crippen LogP contribution in [0.4, 0.5) is 0 Å². The minimum absolute atomic E-state index is 0.897. The van der Waals surface area contributed by atoms with Gasteiger partial charge < -0.3 is 4.42 Å². The Hall–Kier alpha value is -6.00. The van der Waals surface area contributed by atoms with Gasteiger partial charge in [-0.25, -0.2) is 0 Å². The smallest absolute Gasteiger partial charge is 0.136 e. The molecule has 0 atom stereocenters. The zero-order valence-corrected chi connectivity index (χ0v) is 29.0. The van der Waals surface area contributed by atoms with Gasteiger partial charge in [0.25, 0.3) is 0 Å². The highest BCUT2D eigenvalue weighted by atomic mass is 32.1. The molecule has 0 aliphatic heterocycles. The summed E-state index contributed by atoms with van der Waals surface area (Å²) in [5.74, 6) is 0. The summed E-state index contributed by atoms with van der Waals surface area (Å²) in [6, 6.07) is 57.6. The van der Waals surface area contributed by atoms with Crippen LogP contribution in [-0.4, -0.2) is 0 Å². The summed E-state index contributed by atoms with van der Waals surface area (Å²) in [5.41, 5.74) is 9.25. The van der Waals surface area contributed by atoms with Crippen LogP contribution in [0, 0.1) is 0 Å². The van der Waals surface area contributed by atoms with Crippen molar-refractivity contribution in [3.05, 3.63) is 168 Å². The zero-order chi connectivity index (χ0) is 33.5. The molecule has 0 N–H and O–H groups in total. The van der Waals surface area contributed by atoms with Crippen molar-refractivity contribution in [1.29, 1.82) is 0 Å². The van der Waals surface area contributed by atoms with Gasteiger partial charge in [-0.2, -0.15) is 0 Å². The third kappa shape index (κ3) is 4.26. The van der Waals surface area contributed by atoms with Crippen molar-refractivity contribution in [2.75, 3.05) is 0 Å². The van der Waals surface area contributed by atoms with Crippen LogP contribution >= 0.6 is 22.7 Å². The Bertz CT molecular complexity index is 3010. The fourth-order valence-electron chi connectivity index (χ4n) is 8.42. The summed E-state index contributed by atoms with van der Waals surface area (Å²) in [5, 5.41) is 16.7. The number of furan rings is 1. The van der Waals surface area contributed by atoms with E-state index >= 15 is 0 Å². The highest BCUT2D eigenvalue weighted by Gasteiger charge is 2.22. The van der Waals surface area contributed by atoms with Crippen molar-refractivity contribution in [1.82, 2.24) is 0 Å². The van der Waals surface area contributed by atoms with Gasteiger partial charge in [-0.15, -0.1) is 22.7 Å². The third-order valence-corrected chi connectivity index (χ3v) is 12.2. The normalized spacial score (nSPS) is 11.9. The molecule has 0 saturated heterocycles. The first kappa shape index (κ1) is 28.8. The first-order valence-electron chi connectivity index (χ1n) is 17.2. The molecule has 0 aliphatic rings. The molecule has 11 aromatic rings. The van der Waals surface area contributed by atoms with Crippen LogP contribution < -0.4 is 0 Å². The molecule has 0 unspecified atom stereocenters. The van der Waals surface area contributed by atoms with Crippen LogP contribution in [0.15, 0.2) is 173 Å². The van der Waals surface area contributed by atoms with Crippen LogP contribution in [0.5, 0.6) is 0 Å². The minimum atomic E-state index is 0.897. The summed E-state index contributed by atoms with van der Waals surface area (Å²) in [6.45, 7) is 0. The van der Waals surface area contributed by atoms with E-state index in [0.717, 1.165) is 27.5 Å². The summed E-state index contributed by atoms with van der Waals surface area (Å²) in [6.07, 6.45) is 0. The maximum atomic E-state index is 6.79. The van der Waals surface area contributed by atoms with Gasteiger partial charge in [-0.1, -0.05) is 127 Å². The zero-order valence-electron chi connectivity index (χ0n) is 27.4. The molecule has 0 aliphatic carbocycles. The Morgan fingerprint density at radius 1 is 0.333 bits per heavy atom. The predicted octanol–water partition coefficient (Wildman–Crippen LogP) is 15.0. The van der Waals surface area contributed by atoms with E-state index in [1.54, 1.807) is 22.7 Å². The van der Waals surface area contributed by atoms with Gasteiger partial charge >= 0.3 is 0 Å². The van der Waals surface area contributed by atoms with Crippen LogP contribution in [0.1, 0.15) is 0 Å². The van der Waals surface area contributed by atoms with E-state index in [9.17, 15) is 0 Å². The lowest BCUT2D eigenvalue weighted by atomic mass is 9.86. The molecule has 238 valence electrons. The SMILES string of the molecule is c1csc(-c2c3ccccc3c(-c3ccc4c(c3)oc3cccc(-c5c6ccccc6c(-c6cccs6)c6ccccc56)c34)c3ccccc23)c1. The molecule has 3 heteroatoms. The van der Waals surface area contributed by atoms with E-state index in [1.165, 1.54) is 80.7 Å². The van der Waals surface area contributed by atoms with Gasteiger partial charge in [-0.05, 0) is 106 Å². The van der Waals surface area contributed by atoms with Gasteiger partial charge in [0.1, 0.15) is 11.2 Å². The average molecular weight is 685 g/mol. The topological polar surface area (TPSA) is 13.1 Å². The van der Waals surface area contributed by atoms with E-state index in [-0.39, 0.29) is 0 Å². The average Bonchev–Trinajstić information content (AvgIpc) is 3.98. The molecule has 0 bridgehead atoms. The molecule has 0 amide bonds. The monoisotopic (exact) mass is 684 g/mol. The summed E-state index contributed by atoms with van der Waals surface area (Å²) in [4.78, 5) is 2.58. The maximum Gasteiger partial charge on any atom is 0.136 e. The minimum Gasteiger partial charge on any atom is -0.456 e. The molecule has 11 rings (SSSR count). The second kappa shape index (κ2) is 11.3. The second-order valence-electron chi connectivity index (χ2n) is 13.1. The highest BCUT2D eigenvalue weighted by Crippen LogP contribution is 2.49. The lowest BCUT2D eigenvalue weighted by Crippen LogP contribution is -1.90. The number of thiophene rings is 2. The second-order valence-corrected chi connectivity index (χ2v) is 15.0. The van der Waals surface area contributed by atoms with E-state index < -0.39 is 0 Å². The Balaban J connectivity index is 1.19. The summed E-state index contributed by atoms with van der Waals surface area (Å²) in [7, 11) is 0. The highest BCUT2D eigenvalue weighted by molar-refractivity contribution is 7.14. The van der Waals surface area contributed by atoms with Gasteiger partial charge in [-0.3, -0.25) is 0 Å². The Labute approximate surface area is 302 Å². The number of rotatable bonds is 4. The first-order valence-corrected chi connectivity index (χ1v) is 19.0. The lowest BCUT2D eigenvalue weighted by Gasteiger charge is -2.17. The summed E-state index contributed by atoms with van der Waals surface area (Å²) >= 11 is 3.60. The predicted molar refractivity (Wildman–Crippen MR) is 221 cm³/mol. The maximum absolute atomic E-state index is 6.79. The molecule has 51 heavy (non-hydrogen) atoms. The van der Waals surface area contributed by atoms with Gasteiger partial charge in [0.2, 0.25) is 0 Å². The van der Waals surface area contributed by atoms with E-state index in [1.807, 2.05) is 0 Å². The lowest BCUT2D eigenvalue weighted by molar-refractivity contribution is 0.669. The molecule has 3 aromatic heterocycles. The first-order chi connectivity index (χ1) is 25.3. The fourth-order valence-corrected chi connectivity index (χ4v) is 10.0. The number of hydrogen-bond acceptors (Lipinski definition) is 3. The molecular weight excluding hydrogens is 657 g/mol. The molecule has 0 fully saturated rings. The van der Waals surface area contributed by atoms with Gasteiger partial charge in [0.05, 0.1) is 0 Å². The van der Waals surface area contributed by atoms with Crippen LogP contribution in [0.2, 0.25) is 0 Å². The Kier molecular flexibility index (Phi) is 6.36. The van der Waals surface area contributed by atoms with Crippen molar-refractivity contribution < 1.29 is 4.42 Å². The van der Waals surface area contributed by atoms with E-state index in [2.05, 4.69) is 168 Å². The van der Waals surface area contributed by atoms with Gasteiger partial charge in [0, 0.05) is 31.7 Å². The van der Waals surface area contributed by atoms with Crippen LogP contribution in [0.25, 0.3) is 108 Å². The van der Waals surface area contributed by atoms with E-state index in [4.69, 9.17) is 4.42 Å². The number of fused-ring (bicyclic) bond motifs is 7. The third-order valence-electron chi connectivity index (χ3n) is 10.5. The molecule has 3 heterocycles. The van der Waals surface area contributed by atoms with Crippen molar-refractivity contribution in [3.8, 4) is 43.1 Å². The van der Waals surface area contributed by atoms with Crippen molar-refractivity contribution in [2.24, 2.45) is 0 Å². The molecule has 0 saturated carbocycles. The number of benzene rings is 8. The van der Waals surface area contributed by atoms with Gasteiger partial charge in [0.15, 0.2) is 0 Å². The molecule has 0 spiro atoms. The molecule has 8 aromatic carbocycles. The molecule has 0 radical (unpaired) electrons. The molecule has 1 nitrogen and oxygen atoms in total. The van der Waals surface area contributed by atoms with Crippen molar-refractivity contribution >= 4 is 87.7 Å². The summed E-state index contributed by atoms with van der Waals surface area (Å²) < 4.78 is 6.79. The quantitative estimate of drug-likeness (QED) is 0.168. The number of hydrogen-bond donors (Lipinski definition) is 0. The van der Waals surface area contributed by atoms with Crippen molar-refractivity contribution in [2.45, 2.75) is 0 Å². The van der Waals surface area contributed by atoms with Crippen LogP contribution in [0.3, 0.4) is 0 Å². The van der Waals surface area contributed by atoms with Crippen molar-refractivity contribution in [3.63, 3.8) is 0 Å².